The molecule has 1 N–H and O–H groups in total. The van der Waals surface area contributed by atoms with Gasteiger partial charge in [0.15, 0.2) is 5.78 Å². The fourth-order valence-electron chi connectivity index (χ4n) is 0.961. The van der Waals surface area contributed by atoms with E-state index in [9.17, 15) is 18.3 Å². The summed E-state index contributed by atoms with van der Waals surface area (Å²) in [5.41, 5.74) is 0.0640. The zero-order chi connectivity index (χ0) is 10.9. The van der Waals surface area contributed by atoms with Crippen LogP contribution in [0.25, 0.3) is 0 Å². The molecule has 1 rings (SSSR count). The van der Waals surface area contributed by atoms with E-state index in [1.165, 1.54) is 19.1 Å². The maximum Gasteiger partial charge on any atom is 0.261 e. The van der Waals surface area contributed by atoms with Crippen molar-refractivity contribution >= 4 is 25.5 Å². The van der Waals surface area contributed by atoms with Gasteiger partial charge in [-0.3, -0.25) is 4.79 Å². The predicted molar refractivity (Wildman–Crippen MR) is 51.2 cm³/mol. The lowest BCUT2D eigenvalue weighted by Gasteiger charge is -2.01. The summed E-state index contributed by atoms with van der Waals surface area (Å²) in [7, 11) is 1.17. The van der Waals surface area contributed by atoms with E-state index in [-0.39, 0.29) is 22.0 Å². The molecule has 0 aliphatic heterocycles. The number of aromatic hydroxyl groups is 1. The van der Waals surface area contributed by atoms with Crippen LogP contribution in [-0.2, 0) is 9.05 Å². The van der Waals surface area contributed by atoms with Crippen LogP contribution in [0.3, 0.4) is 0 Å². The minimum absolute atomic E-state index is 0.0640. The molecule has 0 amide bonds. The molecule has 14 heavy (non-hydrogen) atoms. The summed E-state index contributed by atoms with van der Waals surface area (Å²) < 4.78 is 21.7. The van der Waals surface area contributed by atoms with Crippen molar-refractivity contribution in [2.75, 3.05) is 0 Å². The van der Waals surface area contributed by atoms with Crippen LogP contribution in [0.1, 0.15) is 17.3 Å². The summed E-state index contributed by atoms with van der Waals surface area (Å²) in [6.45, 7) is 1.27. The lowest BCUT2D eigenvalue weighted by atomic mass is 10.1. The van der Waals surface area contributed by atoms with Gasteiger partial charge in [0.2, 0.25) is 0 Å². The monoisotopic (exact) mass is 234 g/mol. The van der Waals surface area contributed by atoms with Crippen molar-refractivity contribution in [2.24, 2.45) is 0 Å². The van der Waals surface area contributed by atoms with E-state index >= 15 is 0 Å². The first kappa shape index (κ1) is 11.0. The Kier molecular flexibility index (Phi) is 2.82. The van der Waals surface area contributed by atoms with Gasteiger partial charge in [-0.15, -0.1) is 0 Å². The second kappa shape index (κ2) is 3.59. The maximum atomic E-state index is 10.9. The number of ketones is 1. The van der Waals surface area contributed by atoms with Crippen molar-refractivity contribution in [1.29, 1.82) is 0 Å². The van der Waals surface area contributed by atoms with E-state index in [0.717, 1.165) is 6.07 Å². The van der Waals surface area contributed by atoms with Crippen LogP contribution < -0.4 is 0 Å². The van der Waals surface area contributed by atoms with Gasteiger partial charge >= 0.3 is 0 Å². The van der Waals surface area contributed by atoms with Gasteiger partial charge < -0.3 is 5.11 Å². The molecule has 0 fully saturated rings. The van der Waals surface area contributed by atoms with Gasteiger partial charge in [-0.05, 0) is 19.1 Å². The summed E-state index contributed by atoms with van der Waals surface area (Å²) in [5, 5.41) is 9.28. The maximum absolute atomic E-state index is 10.9. The first-order valence-corrected chi connectivity index (χ1v) is 5.92. The standard InChI is InChI=1S/C8H7ClO4S/c1-5(10)7-3-2-6(4-8(7)11)14(9,12)13/h2-4,11H,1H3. The van der Waals surface area contributed by atoms with Crippen LogP contribution in [0, 0.1) is 0 Å². The zero-order valence-electron chi connectivity index (χ0n) is 7.19. The molecular weight excluding hydrogens is 228 g/mol. The number of rotatable bonds is 2. The number of benzene rings is 1. The number of carbonyl (C=O) groups is 1. The highest BCUT2D eigenvalue weighted by Crippen LogP contribution is 2.24. The Hall–Kier alpha value is -1.07. The number of hydrogen-bond acceptors (Lipinski definition) is 4. The van der Waals surface area contributed by atoms with E-state index in [1.807, 2.05) is 0 Å². The molecule has 1 aromatic carbocycles. The van der Waals surface area contributed by atoms with E-state index in [0.29, 0.717) is 0 Å². The fraction of sp³-hybridized carbons (Fsp3) is 0.125. The van der Waals surface area contributed by atoms with Crippen LogP contribution in [0.2, 0.25) is 0 Å². The molecule has 0 atom stereocenters. The molecule has 76 valence electrons. The number of hydrogen-bond donors (Lipinski definition) is 1. The smallest absolute Gasteiger partial charge is 0.261 e. The van der Waals surface area contributed by atoms with Crippen molar-refractivity contribution in [2.45, 2.75) is 11.8 Å². The molecule has 0 radical (unpaired) electrons. The van der Waals surface area contributed by atoms with Gasteiger partial charge in [0, 0.05) is 16.7 Å². The van der Waals surface area contributed by atoms with E-state index in [1.54, 1.807) is 0 Å². The molecule has 0 bridgehead atoms. The van der Waals surface area contributed by atoms with Gasteiger partial charge in [0.05, 0.1) is 10.5 Å². The van der Waals surface area contributed by atoms with Gasteiger partial charge in [-0.25, -0.2) is 8.42 Å². The van der Waals surface area contributed by atoms with Crippen LogP contribution in [0.5, 0.6) is 5.75 Å². The molecule has 1 aromatic rings. The van der Waals surface area contributed by atoms with E-state index in [4.69, 9.17) is 10.7 Å². The second-order valence-electron chi connectivity index (χ2n) is 2.67. The minimum Gasteiger partial charge on any atom is -0.507 e. The van der Waals surface area contributed by atoms with Crippen LogP contribution in [0.4, 0.5) is 0 Å². The summed E-state index contributed by atoms with van der Waals surface area (Å²) >= 11 is 0. The number of phenols is 1. The summed E-state index contributed by atoms with van der Waals surface area (Å²) in [6.07, 6.45) is 0. The highest BCUT2D eigenvalue weighted by molar-refractivity contribution is 8.13. The van der Waals surface area contributed by atoms with Crippen LogP contribution in [0.15, 0.2) is 23.1 Å². The molecule has 0 unspecified atom stereocenters. The fourth-order valence-corrected chi connectivity index (χ4v) is 1.73. The molecule has 0 aliphatic rings. The molecule has 0 saturated heterocycles. The Morgan fingerprint density at radius 1 is 1.43 bits per heavy atom. The Balaban J connectivity index is 3.34. The molecule has 0 aliphatic carbocycles. The number of Topliss-reactive ketones (excluding diaryl/α,β-unsaturated/α-hetero) is 1. The summed E-state index contributed by atoms with van der Waals surface area (Å²) in [5.74, 6) is -0.736. The number of carbonyl (C=O) groups excluding carboxylic acids is 1. The van der Waals surface area contributed by atoms with Crippen LogP contribution in [-0.4, -0.2) is 19.3 Å². The van der Waals surface area contributed by atoms with Crippen molar-refractivity contribution in [1.82, 2.24) is 0 Å². The molecule has 0 aromatic heterocycles. The van der Waals surface area contributed by atoms with Gasteiger partial charge in [-0.2, -0.15) is 0 Å². The Morgan fingerprint density at radius 3 is 2.36 bits per heavy atom. The third-order valence-corrected chi connectivity index (χ3v) is 2.98. The third-order valence-electron chi connectivity index (χ3n) is 1.63. The van der Waals surface area contributed by atoms with E-state index < -0.39 is 9.05 Å². The quantitative estimate of drug-likeness (QED) is 0.622. The highest BCUT2D eigenvalue weighted by Gasteiger charge is 2.14. The van der Waals surface area contributed by atoms with Crippen LogP contribution >= 0.6 is 10.7 Å². The summed E-state index contributed by atoms with van der Waals surface area (Å²) in [6, 6.07) is 3.32. The van der Waals surface area contributed by atoms with Crippen molar-refractivity contribution in [3.05, 3.63) is 23.8 Å². The molecule has 4 nitrogen and oxygen atoms in total. The average Bonchev–Trinajstić information content (AvgIpc) is 2.01. The zero-order valence-corrected chi connectivity index (χ0v) is 8.76. The average molecular weight is 235 g/mol. The third kappa shape index (κ3) is 2.24. The van der Waals surface area contributed by atoms with Gasteiger partial charge in [0.25, 0.3) is 9.05 Å². The Bertz CT molecular complexity index is 478. The van der Waals surface area contributed by atoms with Crippen molar-refractivity contribution in [3.63, 3.8) is 0 Å². The lowest BCUT2D eigenvalue weighted by Crippen LogP contribution is -1.96. The predicted octanol–water partition coefficient (Wildman–Crippen LogP) is 1.52. The first-order valence-electron chi connectivity index (χ1n) is 3.61. The first-order chi connectivity index (χ1) is 6.32. The van der Waals surface area contributed by atoms with Gasteiger partial charge in [-0.1, -0.05) is 0 Å². The van der Waals surface area contributed by atoms with Crippen molar-refractivity contribution < 1.29 is 18.3 Å². The summed E-state index contributed by atoms with van der Waals surface area (Å²) in [4.78, 5) is 10.7. The minimum atomic E-state index is -3.87. The molecular formula is C8H7ClO4S. The number of halogens is 1. The Labute approximate surface area is 85.5 Å². The SMILES string of the molecule is CC(=O)c1ccc(S(=O)(=O)Cl)cc1O. The second-order valence-corrected chi connectivity index (χ2v) is 5.24. The Morgan fingerprint density at radius 2 is 2.00 bits per heavy atom. The topological polar surface area (TPSA) is 71.4 Å². The van der Waals surface area contributed by atoms with Gasteiger partial charge in [0.1, 0.15) is 5.75 Å². The van der Waals surface area contributed by atoms with E-state index in [2.05, 4.69) is 0 Å². The molecule has 0 spiro atoms. The number of phenolic OH excluding ortho intramolecular Hbond substituents is 1. The molecule has 0 heterocycles. The normalized spacial score (nSPS) is 11.3. The highest BCUT2D eigenvalue weighted by atomic mass is 35.7. The largest absolute Gasteiger partial charge is 0.507 e. The molecule has 6 heteroatoms. The van der Waals surface area contributed by atoms with Crippen molar-refractivity contribution in [3.8, 4) is 5.75 Å². The molecule has 0 saturated carbocycles. The lowest BCUT2D eigenvalue weighted by molar-refractivity contribution is 0.101.